The van der Waals surface area contributed by atoms with Crippen LogP contribution in [0.4, 0.5) is 0 Å². The zero-order valence-electron chi connectivity index (χ0n) is 18.9. The van der Waals surface area contributed by atoms with Crippen molar-refractivity contribution < 1.29 is 0 Å². The summed E-state index contributed by atoms with van der Waals surface area (Å²) in [6.07, 6.45) is 19.8. The third-order valence-corrected chi connectivity index (χ3v) is 5.84. The van der Waals surface area contributed by atoms with Gasteiger partial charge in [0.05, 0.1) is 0 Å². The highest BCUT2D eigenvalue weighted by molar-refractivity contribution is 4.67. The number of hydrogen-bond acceptors (Lipinski definition) is 0. The molecule has 24 heavy (non-hydrogen) atoms. The van der Waals surface area contributed by atoms with Gasteiger partial charge < -0.3 is 0 Å². The number of hydrogen-bond donors (Lipinski definition) is 0. The van der Waals surface area contributed by atoms with Gasteiger partial charge in [-0.25, -0.2) is 0 Å². The lowest BCUT2D eigenvalue weighted by Crippen LogP contribution is -2.10. The van der Waals surface area contributed by atoms with E-state index in [-0.39, 0.29) is 0 Å². The molecule has 0 rings (SSSR count). The quantitative estimate of drug-likeness (QED) is 0.293. The SMILES string of the molecule is CCC(C)(CC)CC.CCCCCCCCCCCCC(C)(C)C. The molecule has 0 saturated carbocycles. The Balaban J connectivity index is 0. The number of rotatable bonds is 13. The lowest BCUT2D eigenvalue weighted by atomic mass is 9.82. The smallest absolute Gasteiger partial charge is 0.0334 e. The molecule has 0 aliphatic carbocycles. The molecular formula is C24H52. The van der Waals surface area contributed by atoms with Crippen molar-refractivity contribution in [1.29, 1.82) is 0 Å². The summed E-state index contributed by atoms with van der Waals surface area (Å²) in [6, 6.07) is 0. The first-order chi connectivity index (χ1) is 11.2. The summed E-state index contributed by atoms with van der Waals surface area (Å²) in [6.45, 7) is 18.5. The minimum Gasteiger partial charge on any atom is -0.0654 e. The molecule has 0 nitrogen and oxygen atoms in total. The molecule has 0 N–H and O–H groups in total. The fourth-order valence-corrected chi connectivity index (χ4v) is 2.89. The Morgan fingerprint density at radius 3 is 1.04 bits per heavy atom. The van der Waals surface area contributed by atoms with Crippen molar-refractivity contribution in [2.24, 2.45) is 10.8 Å². The van der Waals surface area contributed by atoms with Gasteiger partial charge in [-0.3, -0.25) is 0 Å². The molecule has 0 bridgehead atoms. The van der Waals surface area contributed by atoms with Crippen LogP contribution in [0.2, 0.25) is 0 Å². The second-order valence-corrected chi connectivity index (χ2v) is 9.36. The first kappa shape index (κ1) is 26.2. The third kappa shape index (κ3) is 20.0. The van der Waals surface area contributed by atoms with E-state index in [1.165, 1.54) is 89.9 Å². The van der Waals surface area contributed by atoms with Crippen LogP contribution in [0.1, 0.15) is 145 Å². The van der Waals surface area contributed by atoms with Gasteiger partial charge in [-0.1, -0.05) is 139 Å². The minimum atomic E-state index is 0.542. The predicted molar refractivity (Wildman–Crippen MR) is 115 cm³/mol. The predicted octanol–water partition coefficient (Wildman–Crippen LogP) is 9.57. The van der Waals surface area contributed by atoms with Gasteiger partial charge in [0.2, 0.25) is 0 Å². The molecule has 0 heterocycles. The Bertz CT molecular complexity index is 221. The summed E-state index contributed by atoms with van der Waals surface area (Å²) in [4.78, 5) is 0. The second-order valence-electron chi connectivity index (χ2n) is 9.36. The Morgan fingerprint density at radius 1 is 0.458 bits per heavy atom. The third-order valence-electron chi connectivity index (χ3n) is 5.84. The largest absolute Gasteiger partial charge is 0.0654 e. The van der Waals surface area contributed by atoms with Crippen LogP contribution in [-0.4, -0.2) is 0 Å². The lowest BCUT2D eigenvalue weighted by molar-refractivity contribution is 0.286. The van der Waals surface area contributed by atoms with Crippen LogP contribution in [0.15, 0.2) is 0 Å². The molecule has 0 unspecified atom stereocenters. The van der Waals surface area contributed by atoms with Crippen molar-refractivity contribution in [3.8, 4) is 0 Å². The highest BCUT2D eigenvalue weighted by Gasteiger charge is 2.15. The van der Waals surface area contributed by atoms with Crippen molar-refractivity contribution in [3.63, 3.8) is 0 Å². The summed E-state index contributed by atoms with van der Waals surface area (Å²) >= 11 is 0. The molecule has 0 fully saturated rings. The van der Waals surface area contributed by atoms with Crippen LogP contribution in [0.5, 0.6) is 0 Å². The average Bonchev–Trinajstić information content (AvgIpc) is 2.55. The second kappa shape index (κ2) is 16.5. The van der Waals surface area contributed by atoms with Gasteiger partial charge in [-0.05, 0) is 17.3 Å². The van der Waals surface area contributed by atoms with Crippen LogP contribution < -0.4 is 0 Å². The summed E-state index contributed by atoms with van der Waals surface area (Å²) in [5.74, 6) is 0. The molecule has 0 spiro atoms. The monoisotopic (exact) mass is 340 g/mol. The van der Waals surface area contributed by atoms with Crippen LogP contribution in [0.25, 0.3) is 0 Å². The average molecular weight is 341 g/mol. The van der Waals surface area contributed by atoms with Gasteiger partial charge in [0, 0.05) is 0 Å². The molecular weight excluding hydrogens is 288 g/mol. The Hall–Kier alpha value is 0. The molecule has 0 aromatic rings. The van der Waals surface area contributed by atoms with E-state index in [2.05, 4.69) is 55.4 Å². The van der Waals surface area contributed by atoms with E-state index in [0.717, 1.165) is 0 Å². The molecule has 0 aromatic heterocycles. The maximum atomic E-state index is 2.35. The molecule has 0 radical (unpaired) electrons. The molecule has 0 amide bonds. The summed E-state index contributed by atoms with van der Waals surface area (Å²) in [5, 5.41) is 0. The minimum absolute atomic E-state index is 0.542. The number of unbranched alkanes of at least 4 members (excludes halogenated alkanes) is 9. The molecule has 0 aromatic carbocycles. The van der Waals surface area contributed by atoms with Gasteiger partial charge >= 0.3 is 0 Å². The van der Waals surface area contributed by atoms with E-state index in [0.29, 0.717) is 10.8 Å². The molecule has 0 atom stereocenters. The summed E-state index contributed by atoms with van der Waals surface area (Å²) in [5.41, 5.74) is 1.17. The Morgan fingerprint density at radius 2 is 0.792 bits per heavy atom. The first-order valence-corrected chi connectivity index (χ1v) is 11.2. The van der Waals surface area contributed by atoms with Crippen molar-refractivity contribution in [2.45, 2.75) is 145 Å². The van der Waals surface area contributed by atoms with E-state index in [9.17, 15) is 0 Å². The van der Waals surface area contributed by atoms with Crippen LogP contribution in [-0.2, 0) is 0 Å². The van der Waals surface area contributed by atoms with Crippen LogP contribution in [0.3, 0.4) is 0 Å². The van der Waals surface area contributed by atoms with E-state index in [4.69, 9.17) is 0 Å². The van der Waals surface area contributed by atoms with E-state index in [1.807, 2.05) is 0 Å². The van der Waals surface area contributed by atoms with E-state index < -0.39 is 0 Å². The van der Waals surface area contributed by atoms with Gasteiger partial charge in [0.25, 0.3) is 0 Å². The zero-order valence-corrected chi connectivity index (χ0v) is 18.9. The van der Waals surface area contributed by atoms with Gasteiger partial charge in [0.15, 0.2) is 0 Å². The van der Waals surface area contributed by atoms with Crippen molar-refractivity contribution in [3.05, 3.63) is 0 Å². The molecule has 0 aliphatic heterocycles. The Kier molecular flexibility index (Phi) is 18.0. The Labute approximate surface area is 156 Å². The maximum absolute atomic E-state index is 2.35. The molecule has 0 aliphatic rings. The maximum Gasteiger partial charge on any atom is -0.0334 e. The lowest BCUT2D eigenvalue weighted by Gasteiger charge is -2.23. The van der Waals surface area contributed by atoms with E-state index >= 15 is 0 Å². The van der Waals surface area contributed by atoms with Crippen LogP contribution >= 0.6 is 0 Å². The van der Waals surface area contributed by atoms with Crippen molar-refractivity contribution >= 4 is 0 Å². The zero-order chi connectivity index (χ0) is 18.9. The normalized spacial score (nSPS) is 12.0. The highest BCUT2D eigenvalue weighted by atomic mass is 14.2. The molecule has 148 valence electrons. The van der Waals surface area contributed by atoms with E-state index in [1.54, 1.807) is 0 Å². The first-order valence-electron chi connectivity index (χ1n) is 11.2. The van der Waals surface area contributed by atoms with Crippen molar-refractivity contribution in [2.75, 3.05) is 0 Å². The fraction of sp³-hybridized carbons (Fsp3) is 1.00. The molecule has 0 heteroatoms. The highest BCUT2D eigenvalue weighted by Crippen LogP contribution is 2.28. The van der Waals surface area contributed by atoms with Crippen molar-refractivity contribution in [1.82, 2.24) is 0 Å². The summed E-state index contributed by atoms with van der Waals surface area (Å²) in [7, 11) is 0. The summed E-state index contributed by atoms with van der Waals surface area (Å²) < 4.78 is 0. The fourth-order valence-electron chi connectivity index (χ4n) is 2.89. The molecule has 0 saturated heterocycles. The standard InChI is InChI=1S/C16H34.C8H18/c1-5-6-7-8-9-10-11-12-13-14-15-16(2,3)4;1-5-8(4,6-2)7-3/h5-15H2,1-4H3;5-7H2,1-4H3. The van der Waals surface area contributed by atoms with Crippen LogP contribution in [0, 0.1) is 10.8 Å². The van der Waals surface area contributed by atoms with Gasteiger partial charge in [-0.2, -0.15) is 0 Å². The van der Waals surface area contributed by atoms with Gasteiger partial charge in [0.1, 0.15) is 0 Å². The topological polar surface area (TPSA) is 0 Å². The van der Waals surface area contributed by atoms with Gasteiger partial charge in [-0.15, -0.1) is 0 Å².